The highest BCUT2D eigenvalue weighted by Crippen LogP contribution is 2.27. The SMILES string of the molecule is CC(C)c1ncc2c(=O)n3c(nn12)N[C@@H](c1ccc(O)cc1)C3. The van der Waals surface area contributed by atoms with Crippen LogP contribution in [-0.4, -0.2) is 24.3 Å². The molecule has 0 radical (unpaired) electrons. The van der Waals surface area contributed by atoms with Gasteiger partial charge in [0.05, 0.1) is 18.8 Å². The lowest BCUT2D eigenvalue weighted by Crippen LogP contribution is -2.22. The fourth-order valence-electron chi connectivity index (χ4n) is 2.94. The van der Waals surface area contributed by atoms with Crippen LogP contribution in [0.2, 0.25) is 0 Å². The summed E-state index contributed by atoms with van der Waals surface area (Å²) in [7, 11) is 0. The molecule has 4 rings (SSSR count). The van der Waals surface area contributed by atoms with Crippen LogP contribution in [0, 0.1) is 0 Å². The van der Waals surface area contributed by atoms with Crippen LogP contribution in [0.5, 0.6) is 5.75 Å². The first-order valence-electron chi connectivity index (χ1n) is 7.58. The van der Waals surface area contributed by atoms with Gasteiger partial charge in [0.2, 0.25) is 5.95 Å². The van der Waals surface area contributed by atoms with Gasteiger partial charge in [0.15, 0.2) is 5.52 Å². The Morgan fingerprint density at radius 1 is 1.30 bits per heavy atom. The molecular formula is C16H17N5O2. The van der Waals surface area contributed by atoms with Crippen molar-refractivity contribution in [1.82, 2.24) is 19.2 Å². The topological polar surface area (TPSA) is 84.5 Å². The molecule has 7 heteroatoms. The Morgan fingerprint density at radius 3 is 2.74 bits per heavy atom. The lowest BCUT2D eigenvalue weighted by atomic mass is 10.1. The Balaban J connectivity index is 1.79. The standard InChI is InChI=1S/C16H17N5O2/c1-9(2)14-17-7-13-15(23)20-8-12(18-16(20)19-21(13)14)10-3-5-11(22)6-4-10/h3-7,9,12,22H,8H2,1-2H3,(H,18,19)/t12-/m1/s1. The number of nitrogens with one attached hydrogen (secondary N) is 1. The van der Waals surface area contributed by atoms with Crippen LogP contribution >= 0.6 is 0 Å². The Bertz CT molecular complexity index is 939. The molecule has 0 fully saturated rings. The maximum absolute atomic E-state index is 12.7. The van der Waals surface area contributed by atoms with Crippen molar-refractivity contribution in [2.24, 2.45) is 0 Å². The Kier molecular flexibility index (Phi) is 2.90. The summed E-state index contributed by atoms with van der Waals surface area (Å²) in [5, 5.41) is 17.2. The second-order valence-electron chi connectivity index (χ2n) is 6.10. The van der Waals surface area contributed by atoms with Crippen molar-refractivity contribution in [1.29, 1.82) is 0 Å². The molecular weight excluding hydrogens is 294 g/mol. The molecule has 2 aromatic heterocycles. The maximum atomic E-state index is 12.7. The van der Waals surface area contributed by atoms with Gasteiger partial charge in [-0.1, -0.05) is 26.0 Å². The van der Waals surface area contributed by atoms with Gasteiger partial charge in [0.1, 0.15) is 11.6 Å². The van der Waals surface area contributed by atoms with Gasteiger partial charge in [-0.3, -0.25) is 9.36 Å². The zero-order valence-corrected chi connectivity index (χ0v) is 12.9. The zero-order chi connectivity index (χ0) is 16.1. The lowest BCUT2D eigenvalue weighted by Gasteiger charge is -2.09. The fraction of sp³-hybridized carbons (Fsp3) is 0.312. The van der Waals surface area contributed by atoms with E-state index < -0.39 is 0 Å². The summed E-state index contributed by atoms with van der Waals surface area (Å²) >= 11 is 0. The van der Waals surface area contributed by atoms with E-state index in [1.165, 1.54) is 0 Å². The summed E-state index contributed by atoms with van der Waals surface area (Å²) in [6.45, 7) is 4.55. The van der Waals surface area contributed by atoms with Crippen molar-refractivity contribution in [3.05, 3.63) is 52.2 Å². The quantitative estimate of drug-likeness (QED) is 0.755. The van der Waals surface area contributed by atoms with Crippen LogP contribution in [0.4, 0.5) is 5.95 Å². The first kappa shape index (κ1) is 13.8. The highest BCUT2D eigenvalue weighted by atomic mass is 16.3. The molecule has 7 nitrogen and oxygen atoms in total. The van der Waals surface area contributed by atoms with Gasteiger partial charge in [0, 0.05) is 5.92 Å². The number of phenols is 1. The molecule has 23 heavy (non-hydrogen) atoms. The number of rotatable bonds is 2. The van der Waals surface area contributed by atoms with E-state index in [-0.39, 0.29) is 23.3 Å². The van der Waals surface area contributed by atoms with E-state index in [9.17, 15) is 9.90 Å². The summed E-state index contributed by atoms with van der Waals surface area (Å²) in [6, 6.07) is 6.93. The van der Waals surface area contributed by atoms with E-state index >= 15 is 0 Å². The normalized spacial score (nSPS) is 16.7. The average Bonchev–Trinajstić information content (AvgIpc) is 3.12. The number of aromatic hydroxyl groups is 1. The van der Waals surface area contributed by atoms with Crippen molar-refractivity contribution < 1.29 is 5.11 Å². The van der Waals surface area contributed by atoms with Gasteiger partial charge in [0.25, 0.3) is 5.56 Å². The number of nitrogens with zero attached hydrogens (tertiary/aromatic N) is 4. The predicted molar refractivity (Wildman–Crippen MR) is 85.8 cm³/mol. The smallest absolute Gasteiger partial charge is 0.281 e. The third-order valence-electron chi connectivity index (χ3n) is 4.16. The van der Waals surface area contributed by atoms with Crippen LogP contribution in [0.3, 0.4) is 0 Å². The van der Waals surface area contributed by atoms with Gasteiger partial charge in [-0.05, 0) is 17.7 Å². The van der Waals surface area contributed by atoms with Crippen molar-refractivity contribution in [2.75, 3.05) is 5.32 Å². The predicted octanol–water partition coefficient (Wildman–Crippen LogP) is 1.89. The van der Waals surface area contributed by atoms with Gasteiger partial charge in [-0.25, -0.2) is 9.50 Å². The molecule has 3 heterocycles. The number of hydrogen-bond donors (Lipinski definition) is 2. The molecule has 118 valence electrons. The van der Waals surface area contributed by atoms with Gasteiger partial charge in [-0.15, -0.1) is 5.10 Å². The van der Waals surface area contributed by atoms with Gasteiger partial charge >= 0.3 is 0 Å². The highest BCUT2D eigenvalue weighted by Gasteiger charge is 2.26. The van der Waals surface area contributed by atoms with E-state index in [0.29, 0.717) is 18.0 Å². The zero-order valence-electron chi connectivity index (χ0n) is 12.9. The van der Waals surface area contributed by atoms with Crippen LogP contribution in [0.15, 0.2) is 35.3 Å². The number of fused-ring (bicyclic) bond motifs is 2. The molecule has 3 aromatic rings. The van der Waals surface area contributed by atoms with Crippen molar-refractivity contribution in [2.45, 2.75) is 32.4 Å². The highest BCUT2D eigenvalue weighted by molar-refractivity contribution is 5.48. The van der Waals surface area contributed by atoms with Crippen LogP contribution in [-0.2, 0) is 6.54 Å². The van der Waals surface area contributed by atoms with Crippen molar-refractivity contribution in [3.8, 4) is 5.75 Å². The summed E-state index contributed by atoms with van der Waals surface area (Å²) in [6.07, 6.45) is 1.59. The van der Waals surface area contributed by atoms with Gasteiger partial charge in [-0.2, -0.15) is 0 Å². The first-order valence-corrected chi connectivity index (χ1v) is 7.58. The lowest BCUT2D eigenvalue weighted by molar-refractivity contribution is 0.475. The first-order chi connectivity index (χ1) is 11.0. The molecule has 0 bridgehead atoms. The number of phenolic OH excluding ortho intramolecular Hbond substituents is 1. The summed E-state index contributed by atoms with van der Waals surface area (Å²) in [5.74, 6) is 1.72. The van der Waals surface area contributed by atoms with E-state index in [1.807, 2.05) is 26.0 Å². The second kappa shape index (κ2) is 4.84. The maximum Gasteiger partial charge on any atom is 0.281 e. The minimum absolute atomic E-state index is 0.0432. The van der Waals surface area contributed by atoms with Crippen LogP contribution in [0.1, 0.15) is 37.2 Å². The molecule has 0 aliphatic carbocycles. The fourth-order valence-corrected chi connectivity index (χ4v) is 2.94. The molecule has 0 unspecified atom stereocenters. The Labute approximate surface area is 132 Å². The average molecular weight is 311 g/mol. The molecule has 1 aromatic carbocycles. The molecule has 1 aliphatic heterocycles. The molecule has 1 atom stereocenters. The molecule has 0 spiro atoms. The van der Waals surface area contributed by atoms with E-state index in [4.69, 9.17) is 0 Å². The molecule has 2 N–H and O–H groups in total. The number of imidazole rings is 1. The summed E-state index contributed by atoms with van der Waals surface area (Å²) in [4.78, 5) is 17.0. The monoisotopic (exact) mass is 311 g/mol. The minimum Gasteiger partial charge on any atom is -0.508 e. The third-order valence-corrected chi connectivity index (χ3v) is 4.16. The van der Waals surface area contributed by atoms with Crippen LogP contribution in [0.25, 0.3) is 5.52 Å². The molecule has 0 saturated carbocycles. The number of hydrogen-bond acceptors (Lipinski definition) is 5. The molecule has 0 saturated heterocycles. The number of aromatic nitrogens is 4. The van der Waals surface area contributed by atoms with Crippen molar-refractivity contribution in [3.63, 3.8) is 0 Å². The Hall–Kier alpha value is -2.83. The molecule has 0 amide bonds. The van der Waals surface area contributed by atoms with Crippen LogP contribution < -0.4 is 10.9 Å². The second-order valence-corrected chi connectivity index (χ2v) is 6.10. The third kappa shape index (κ3) is 2.08. The minimum atomic E-state index is -0.0943. The van der Waals surface area contributed by atoms with E-state index in [2.05, 4.69) is 15.4 Å². The largest absolute Gasteiger partial charge is 0.508 e. The summed E-state index contributed by atoms with van der Waals surface area (Å²) < 4.78 is 3.27. The number of anilines is 1. The number of benzene rings is 1. The van der Waals surface area contributed by atoms with Gasteiger partial charge < -0.3 is 10.4 Å². The Morgan fingerprint density at radius 2 is 2.04 bits per heavy atom. The van der Waals surface area contributed by atoms with E-state index in [0.717, 1.165) is 11.4 Å². The molecule has 1 aliphatic rings. The van der Waals surface area contributed by atoms with Crippen molar-refractivity contribution >= 4 is 11.5 Å². The van der Waals surface area contributed by atoms with E-state index in [1.54, 1.807) is 27.4 Å². The summed E-state index contributed by atoms with van der Waals surface area (Å²) in [5.41, 5.74) is 1.40.